The second-order valence-electron chi connectivity index (χ2n) is 7.93. The number of nitrogens with one attached hydrogen (secondary N) is 1. The van der Waals surface area contributed by atoms with Crippen LogP contribution in [-0.4, -0.2) is 69.4 Å². The van der Waals surface area contributed by atoms with Crippen molar-refractivity contribution in [3.8, 4) is 0 Å². The number of carboxylic acid groups (broad SMARTS) is 1. The summed E-state index contributed by atoms with van der Waals surface area (Å²) in [5.74, 6) is -3.02. The number of rotatable bonds is 4. The number of piperidine rings is 1. The van der Waals surface area contributed by atoms with Gasteiger partial charge in [0, 0.05) is 23.5 Å². The highest BCUT2D eigenvalue weighted by Gasteiger charge is 2.39. The molecule has 32 heavy (non-hydrogen) atoms. The number of hydrogen-bond acceptors (Lipinski definition) is 4. The first-order valence-corrected chi connectivity index (χ1v) is 10.0. The number of nitrogens with zero attached hydrogens (tertiary/aromatic N) is 3. The first-order valence-electron chi connectivity index (χ1n) is 10.0. The molecule has 0 radical (unpaired) electrons. The van der Waals surface area contributed by atoms with Gasteiger partial charge in [-0.1, -0.05) is 18.2 Å². The maximum Gasteiger partial charge on any atom is 0.490 e. The van der Waals surface area contributed by atoms with E-state index in [2.05, 4.69) is 22.4 Å². The van der Waals surface area contributed by atoms with Crippen molar-refractivity contribution in [2.75, 3.05) is 7.05 Å². The first kappa shape index (κ1) is 23.9. The minimum Gasteiger partial charge on any atom is -0.475 e. The number of aliphatic carboxylic acids is 1. The highest BCUT2D eigenvalue weighted by molar-refractivity contribution is 6.05. The smallest absolute Gasteiger partial charge is 0.475 e. The van der Waals surface area contributed by atoms with Crippen molar-refractivity contribution in [1.29, 1.82) is 0 Å². The van der Waals surface area contributed by atoms with Gasteiger partial charge >= 0.3 is 12.1 Å². The number of para-hydroxylation sites is 1. The topological polar surface area (TPSA) is 87.5 Å². The number of carbonyl (C=O) groups is 2. The fraction of sp³-hybridized carbons (Fsp3) is 0.550. The second-order valence-corrected chi connectivity index (χ2v) is 7.93. The van der Waals surface area contributed by atoms with E-state index in [0.717, 1.165) is 12.8 Å². The van der Waals surface area contributed by atoms with Crippen molar-refractivity contribution in [3.05, 3.63) is 30.0 Å². The Hall–Kier alpha value is -2.76. The van der Waals surface area contributed by atoms with Gasteiger partial charge in [0.15, 0.2) is 5.69 Å². The molecule has 1 amide bonds. The average molecular weight is 462 g/mol. The van der Waals surface area contributed by atoms with E-state index in [1.54, 1.807) is 24.3 Å². The summed E-state index contributed by atoms with van der Waals surface area (Å²) < 4.78 is 58.6. The molecule has 12 heteroatoms. The number of benzene rings is 1. The molecule has 2 aliphatic heterocycles. The van der Waals surface area contributed by atoms with Crippen LogP contribution in [0.5, 0.6) is 0 Å². The monoisotopic (exact) mass is 462 g/mol. The molecule has 0 aliphatic carbocycles. The van der Waals surface area contributed by atoms with Crippen LogP contribution in [0.4, 0.5) is 22.0 Å². The van der Waals surface area contributed by atoms with E-state index in [9.17, 15) is 26.7 Å². The van der Waals surface area contributed by atoms with Gasteiger partial charge in [-0.3, -0.25) is 9.48 Å². The molecule has 1 aromatic heterocycles. The molecule has 2 aliphatic rings. The summed E-state index contributed by atoms with van der Waals surface area (Å²) in [7, 11) is 2.15. The van der Waals surface area contributed by atoms with Crippen molar-refractivity contribution in [3.63, 3.8) is 0 Å². The maximum atomic E-state index is 12.8. The zero-order valence-corrected chi connectivity index (χ0v) is 17.1. The number of hydrogen-bond donors (Lipinski definition) is 2. The number of amides is 1. The lowest BCUT2D eigenvalue weighted by Crippen LogP contribution is -2.48. The van der Waals surface area contributed by atoms with Gasteiger partial charge in [-0.05, 0) is 38.8 Å². The first-order chi connectivity index (χ1) is 15.0. The van der Waals surface area contributed by atoms with Crippen LogP contribution >= 0.6 is 0 Å². The molecule has 176 valence electrons. The van der Waals surface area contributed by atoms with Crippen LogP contribution in [0.1, 0.15) is 36.2 Å². The number of halogens is 5. The number of fused-ring (bicyclic) bond motifs is 3. The summed E-state index contributed by atoms with van der Waals surface area (Å²) in [6.07, 6.45) is -3.36. The average Bonchev–Trinajstić information content (AvgIpc) is 3.14. The highest BCUT2D eigenvalue weighted by atomic mass is 19.4. The predicted molar refractivity (Wildman–Crippen MR) is 104 cm³/mol. The van der Waals surface area contributed by atoms with Gasteiger partial charge in [0.25, 0.3) is 12.3 Å². The highest BCUT2D eigenvalue weighted by Crippen LogP contribution is 2.34. The van der Waals surface area contributed by atoms with E-state index in [1.165, 1.54) is 17.5 Å². The molecule has 2 fully saturated rings. The van der Waals surface area contributed by atoms with Crippen LogP contribution < -0.4 is 5.32 Å². The number of alkyl halides is 5. The van der Waals surface area contributed by atoms with Crippen molar-refractivity contribution >= 4 is 22.8 Å². The Labute approximate surface area is 180 Å². The molecule has 2 saturated heterocycles. The molecule has 2 bridgehead atoms. The second kappa shape index (κ2) is 9.39. The number of carbonyl (C=O) groups excluding carboxylic acids is 1. The molecular weight excluding hydrogens is 439 g/mol. The summed E-state index contributed by atoms with van der Waals surface area (Å²) in [5, 5.41) is 15.0. The standard InChI is InChI=1S/C18H22F2N4O.C2HF3O2/c1-23-12-6-7-13(23)9-11(8-12)21-18(25)17-14-4-2-3-5-15(14)24(22-17)10-16(19)20;3-2(4,5)1(6)7/h2-5,11-13,16H,6-10H2,1H3,(H,21,25);(H,6,7)/t11?,12-,13+;. The lowest BCUT2D eigenvalue weighted by Gasteiger charge is -2.36. The Morgan fingerprint density at radius 3 is 2.28 bits per heavy atom. The fourth-order valence-corrected chi connectivity index (χ4v) is 4.35. The maximum absolute atomic E-state index is 12.8. The van der Waals surface area contributed by atoms with Crippen LogP contribution in [0.25, 0.3) is 10.9 Å². The van der Waals surface area contributed by atoms with Gasteiger partial charge in [0.2, 0.25) is 0 Å². The van der Waals surface area contributed by atoms with Crippen molar-refractivity contribution in [1.82, 2.24) is 20.0 Å². The third-order valence-electron chi connectivity index (χ3n) is 5.86. The summed E-state index contributed by atoms with van der Waals surface area (Å²) in [4.78, 5) is 24.1. The molecule has 1 unspecified atom stereocenters. The van der Waals surface area contributed by atoms with Gasteiger partial charge in [0.05, 0.1) is 5.52 Å². The summed E-state index contributed by atoms with van der Waals surface area (Å²) in [6, 6.07) is 8.22. The van der Waals surface area contributed by atoms with E-state index in [4.69, 9.17) is 9.90 Å². The fourth-order valence-electron chi connectivity index (χ4n) is 4.35. The SMILES string of the molecule is CN1[C@@H]2CC[C@H]1CC(NC(=O)c1nn(CC(F)F)c3ccccc13)C2.O=C(O)C(F)(F)F. The zero-order chi connectivity index (χ0) is 23.6. The summed E-state index contributed by atoms with van der Waals surface area (Å²) in [6.45, 7) is -0.508. The van der Waals surface area contributed by atoms with Crippen LogP contribution in [0.2, 0.25) is 0 Å². The van der Waals surface area contributed by atoms with Gasteiger partial charge in [-0.25, -0.2) is 13.6 Å². The van der Waals surface area contributed by atoms with Crippen LogP contribution in [0.15, 0.2) is 24.3 Å². The lowest BCUT2D eigenvalue weighted by molar-refractivity contribution is -0.192. The summed E-state index contributed by atoms with van der Waals surface area (Å²) >= 11 is 0. The normalized spacial score (nSPS) is 23.2. The third kappa shape index (κ3) is 5.34. The minimum absolute atomic E-state index is 0.125. The molecule has 1 aromatic carbocycles. The van der Waals surface area contributed by atoms with Crippen LogP contribution in [-0.2, 0) is 11.3 Å². The Morgan fingerprint density at radius 2 is 1.75 bits per heavy atom. The third-order valence-corrected chi connectivity index (χ3v) is 5.86. The van der Waals surface area contributed by atoms with Crippen molar-refractivity contribution in [2.45, 2.75) is 63.0 Å². The largest absolute Gasteiger partial charge is 0.490 e. The molecule has 2 N–H and O–H groups in total. The Bertz CT molecular complexity index is 964. The number of carboxylic acids is 1. The summed E-state index contributed by atoms with van der Waals surface area (Å²) in [5.41, 5.74) is 0.805. The van der Waals surface area contributed by atoms with E-state index in [0.29, 0.717) is 23.0 Å². The molecule has 4 rings (SSSR count). The Morgan fingerprint density at radius 1 is 1.19 bits per heavy atom. The molecule has 3 heterocycles. The molecule has 2 aromatic rings. The molecule has 7 nitrogen and oxygen atoms in total. The van der Waals surface area contributed by atoms with Crippen molar-refractivity contribution in [2.24, 2.45) is 0 Å². The van der Waals surface area contributed by atoms with E-state index in [1.807, 2.05) is 0 Å². The Kier molecular flexibility index (Phi) is 7.01. The Balaban J connectivity index is 0.000000360. The zero-order valence-electron chi connectivity index (χ0n) is 17.1. The van der Waals surface area contributed by atoms with Crippen LogP contribution in [0.3, 0.4) is 0 Å². The van der Waals surface area contributed by atoms with E-state index in [-0.39, 0.29) is 17.6 Å². The molecule has 3 atom stereocenters. The lowest BCUT2D eigenvalue weighted by atomic mass is 9.98. The van der Waals surface area contributed by atoms with E-state index < -0.39 is 25.1 Å². The molecule has 0 saturated carbocycles. The van der Waals surface area contributed by atoms with Crippen molar-refractivity contribution < 1.29 is 36.6 Å². The van der Waals surface area contributed by atoms with Gasteiger partial charge < -0.3 is 15.3 Å². The van der Waals surface area contributed by atoms with Gasteiger partial charge in [-0.15, -0.1) is 0 Å². The van der Waals surface area contributed by atoms with E-state index >= 15 is 0 Å². The number of aromatic nitrogens is 2. The molecule has 0 spiro atoms. The predicted octanol–water partition coefficient (Wildman–Crippen LogP) is 3.29. The minimum atomic E-state index is -5.08. The van der Waals surface area contributed by atoms with Gasteiger partial charge in [0.1, 0.15) is 6.54 Å². The van der Waals surface area contributed by atoms with Gasteiger partial charge in [-0.2, -0.15) is 18.3 Å². The van der Waals surface area contributed by atoms with Crippen LogP contribution in [0, 0.1) is 0 Å². The molecular formula is C20H23F5N4O3. The quantitative estimate of drug-likeness (QED) is 0.681.